The molecule has 172 valence electrons. The summed E-state index contributed by atoms with van der Waals surface area (Å²) in [6.45, 7) is 3.23. The van der Waals surface area contributed by atoms with Crippen molar-refractivity contribution < 1.29 is 22.7 Å². The Balaban J connectivity index is 1.56. The highest BCUT2D eigenvalue weighted by molar-refractivity contribution is 7.90. The highest BCUT2D eigenvalue weighted by Crippen LogP contribution is 2.36. The van der Waals surface area contributed by atoms with Crippen molar-refractivity contribution >= 4 is 38.9 Å². The minimum atomic E-state index is -4.05. The van der Waals surface area contributed by atoms with Crippen LogP contribution in [0.5, 0.6) is 5.75 Å². The molecule has 0 saturated carbocycles. The standard InChI is InChI=1S/C23H23N3O5S2/c1-3-4-22-24-18(14-32-22)16-7-10-20-19(11-16)26(23(28)13-31-20)12-21(27)25-33(29,30)17-8-5-15(2)6-9-17/h5-11,14H,3-4,12-13H2,1-2H3,(H,25,27). The number of anilines is 1. The first kappa shape index (κ1) is 22.9. The van der Waals surface area contributed by atoms with Gasteiger partial charge < -0.3 is 4.74 Å². The zero-order chi connectivity index (χ0) is 23.6. The second-order valence-electron chi connectivity index (χ2n) is 7.67. The first-order chi connectivity index (χ1) is 15.8. The molecule has 1 aromatic heterocycles. The molecule has 0 saturated heterocycles. The van der Waals surface area contributed by atoms with Gasteiger partial charge in [-0.2, -0.15) is 0 Å². The highest BCUT2D eigenvalue weighted by atomic mass is 32.2. The summed E-state index contributed by atoms with van der Waals surface area (Å²) in [6.07, 6.45) is 1.88. The fourth-order valence-electron chi connectivity index (χ4n) is 3.41. The van der Waals surface area contributed by atoms with E-state index >= 15 is 0 Å². The molecular formula is C23H23N3O5S2. The van der Waals surface area contributed by atoms with Crippen LogP contribution in [0.1, 0.15) is 23.9 Å². The van der Waals surface area contributed by atoms with Crippen LogP contribution < -0.4 is 14.4 Å². The van der Waals surface area contributed by atoms with Gasteiger partial charge in [-0.3, -0.25) is 14.5 Å². The largest absolute Gasteiger partial charge is 0.482 e. The Morgan fingerprint density at radius 2 is 1.97 bits per heavy atom. The van der Waals surface area contributed by atoms with E-state index in [9.17, 15) is 18.0 Å². The second kappa shape index (κ2) is 9.32. The molecule has 0 bridgehead atoms. The lowest BCUT2D eigenvalue weighted by Gasteiger charge is -2.29. The number of rotatable bonds is 7. The maximum atomic E-state index is 12.6. The van der Waals surface area contributed by atoms with Gasteiger partial charge >= 0.3 is 0 Å². The van der Waals surface area contributed by atoms with Crippen LogP contribution in [0.2, 0.25) is 0 Å². The third kappa shape index (κ3) is 5.07. The van der Waals surface area contributed by atoms with E-state index in [4.69, 9.17) is 4.74 Å². The van der Waals surface area contributed by atoms with Crippen molar-refractivity contribution in [2.45, 2.75) is 31.6 Å². The highest BCUT2D eigenvalue weighted by Gasteiger charge is 2.29. The van der Waals surface area contributed by atoms with Crippen LogP contribution in [-0.2, 0) is 26.0 Å². The third-order valence-corrected chi connectivity index (χ3v) is 7.39. The van der Waals surface area contributed by atoms with Gasteiger partial charge in [-0.15, -0.1) is 11.3 Å². The molecule has 4 rings (SSSR count). The van der Waals surface area contributed by atoms with Gasteiger partial charge in [0.2, 0.25) is 0 Å². The minimum Gasteiger partial charge on any atom is -0.482 e. The number of aromatic nitrogens is 1. The van der Waals surface area contributed by atoms with Crippen molar-refractivity contribution in [1.29, 1.82) is 0 Å². The number of amides is 2. The molecule has 2 aromatic carbocycles. The molecule has 0 atom stereocenters. The van der Waals surface area contributed by atoms with Crippen LogP contribution in [0.3, 0.4) is 0 Å². The summed E-state index contributed by atoms with van der Waals surface area (Å²) >= 11 is 1.57. The maximum Gasteiger partial charge on any atom is 0.265 e. The van der Waals surface area contributed by atoms with Crippen molar-refractivity contribution in [3.05, 3.63) is 58.4 Å². The normalized spacial score (nSPS) is 13.4. The zero-order valence-electron chi connectivity index (χ0n) is 18.2. The molecule has 0 aliphatic carbocycles. The smallest absolute Gasteiger partial charge is 0.265 e. The summed E-state index contributed by atoms with van der Waals surface area (Å²) in [4.78, 5) is 31.0. The van der Waals surface area contributed by atoms with Crippen molar-refractivity contribution in [3.8, 4) is 17.0 Å². The van der Waals surface area contributed by atoms with Crippen LogP contribution in [0, 0.1) is 6.92 Å². The Morgan fingerprint density at radius 1 is 1.21 bits per heavy atom. The Labute approximate surface area is 196 Å². The Bertz CT molecular complexity index is 1300. The molecule has 8 nitrogen and oxygen atoms in total. The number of nitrogens with zero attached hydrogens (tertiary/aromatic N) is 2. The number of carbonyl (C=O) groups is 2. The van der Waals surface area contributed by atoms with Crippen molar-refractivity contribution in [2.75, 3.05) is 18.1 Å². The monoisotopic (exact) mass is 485 g/mol. The average Bonchev–Trinajstić information content (AvgIpc) is 3.24. The quantitative estimate of drug-likeness (QED) is 0.551. The van der Waals surface area contributed by atoms with Crippen LogP contribution >= 0.6 is 11.3 Å². The SMILES string of the molecule is CCCc1nc(-c2ccc3c(c2)N(CC(=O)NS(=O)(=O)c2ccc(C)cc2)C(=O)CO3)cs1. The second-order valence-corrected chi connectivity index (χ2v) is 10.3. The van der Waals surface area contributed by atoms with E-state index < -0.39 is 28.4 Å². The fourth-order valence-corrected chi connectivity index (χ4v) is 5.30. The van der Waals surface area contributed by atoms with Crippen LogP contribution in [0.25, 0.3) is 11.3 Å². The molecule has 2 heterocycles. The number of nitrogens with one attached hydrogen (secondary N) is 1. The molecule has 0 fully saturated rings. The molecule has 3 aromatic rings. The maximum absolute atomic E-state index is 12.6. The van der Waals surface area contributed by atoms with Crippen LogP contribution in [0.4, 0.5) is 5.69 Å². The van der Waals surface area contributed by atoms with Crippen molar-refractivity contribution in [2.24, 2.45) is 0 Å². The predicted octanol–water partition coefficient (Wildman–Crippen LogP) is 3.30. The van der Waals surface area contributed by atoms with Crippen LogP contribution in [-0.4, -0.2) is 38.4 Å². The van der Waals surface area contributed by atoms with Gasteiger partial charge in [0.15, 0.2) is 6.61 Å². The number of aryl methyl sites for hydroxylation is 2. The lowest BCUT2D eigenvalue weighted by molar-refractivity contribution is -0.124. The van der Waals surface area contributed by atoms with Gasteiger partial charge in [0.05, 0.1) is 21.3 Å². The number of hydrogen-bond donors (Lipinski definition) is 1. The summed E-state index contributed by atoms with van der Waals surface area (Å²) < 4.78 is 32.6. The molecule has 0 radical (unpaired) electrons. The average molecular weight is 486 g/mol. The summed E-state index contributed by atoms with van der Waals surface area (Å²) in [7, 11) is -4.05. The van der Waals surface area contributed by atoms with E-state index in [1.165, 1.54) is 17.0 Å². The number of carbonyl (C=O) groups excluding carboxylic acids is 2. The number of ether oxygens (including phenoxy) is 1. The van der Waals surface area contributed by atoms with E-state index in [0.29, 0.717) is 11.4 Å². The fraction of sp³-hybridized carbons (Fsp3) is 0.261. The number of thiazole rings is 1. The Hall–Kier alpha value is -3.24. The molecular weight excluding hydrogens is 462 g/mol. The summed E-state index contributed by atoms with van der Waals surface area (Å²) in [6, 6.07) is 11.4. The Kier molecular flexibility index (Phi) is 6.48. The molecule has 0 spiro atoms. The van der Waals surface area contributed by atoms with Crippen molar-refractivity contribution in [1.82, 2.24) is 9.71 Å². The summed E-state index contributed by atoms with van der Waals surface area (Å²) in [5, 5.41) is 2.97. The number of sulfonamides is 1. The molecule has 0 unspecified atom stereocenters. The van der Waals surface area contributed by atoms with Gasteiger partial charge in [-0.05, 0) is 50.1 Å². The molecule has 2 amide bonds. The number of hydrogen-bond acceptors (Lipinski definition) is 7. The lowest BCUT2D eigenvalue weighted by Crippen LogP contribution is -2.46. The molecule has 10 heteroatoms. The number of benzene rings is 2. The Morgan fingerprint density at radius 3 is 2.70 bits per heavy atom. The molecule has 33 heavy (non-hydrogen) atoms. The van der Waals surface area contributed by atoms with Gasteiger partial charge in [0, 0.05) is 10.9 Å². The van der Waals surface area contributed by atoms with Crippen molar-refractivity contribution in [3.63, 3.8) is 0 Å². The van der Waals surface area contributed by atoms with Gasteiger partial charge in [0.25, 0.3) is 21.8 Å². The third-order valence-electron chi connectivity index (χ3n) is 5.09. The lowest BCUT2D eigenvalue weighted by atomic mass is 10.1. The topological polar surface area (TPSA) is 106 Å². The molecule has 1 aliphatic heterocycles. The minimum absolute atomic E-state index is 0.0242. The first-order valence-corrected chi connectivity index (χ1v) is 12.8. The van der Waals surface area contributed by atoms with Gasteiger partial charge in [-0.25, -0.2) is 18.1 Å². The van der Waals surface area contributed by atoms with E-state index in [0.717, 1.165) is 34.7 Å². The van der Waals surface area contributed by atoms with Crippen LogP contribution in [0.15, 0.2) is 52.7 Å². The van der Waals surface area contributed by atoms with E-state index in [2.05, 4.69) is 11.9 Å². The van der Waals surface area contributed by atoms with Gasteiger partial charge in [-0.1, -0.05) is 24.6 Å². The van der Waals surface area contributed by atoms with Gasteiger partial charge in [0.1, 0.15) is 12.3 Å². The van der Waals surface area contributed by atoms with E-state index in [1.807, 2.05) is 23.1 Å². The van der Waals surface area contributed by atoms with E-state index in [1.54, 1.807) is 35.6 Å². The molecule has 1 aliphatic rings. The molecule has 1 N–H and O–H groups in total. The number of fused-ring (bicyclic) bond motifs is 1. The van der Waals surface area contributed by atoms with E-state index in [-0.39, 0.29) is 11.5 Å². The summed E-state index contributed by atoms with van der Waals surface area (Å²) in [5.41, 5.74) is 2.85. The first-order valence-electron chi connectivity index (χ1n) is 10.4. The zero-order valence-corrected chi connectivity index (χ0v) is 19.8. The summed E-state index contributed by atoms with van der Waals surface area (Å²) in [5.74, 6) is -0.815. The predicted molar refractivity (Wildman–Crippen MR) is 126 cm³/mol.